The lowest BCUT2D eigenvalue weighted by atomic mass is 9.95. The Morgan fingerprint density at radius 1 is 1.10 bits per heavy atom. The molecule has 0 bridgehead atoms. The van der Waals surface area contributed by atoms with Gasteiger partial charge in [-0.05, 0) is 43.7 Å². The summed E-state index contributed by atoms with van der Waals surface area (Å²) in [5.41, 5.74) is 1.22. The number of anilines is 1. The Morgan fingerprint density at radius 2 is 1.77 bits per heavy atom. The third-order valence-electron chi connectivity index (χ3n) is 7.17. The molecular formula is C28H38N4O6S. The molecule has 10 nitrogen and oxygen atoms in total. The summed E-state index contributed by atoms with van der Waals surface area (Å²) < 4.78 is 26.6. The molecule has 1 aliphatic rings. The van der Waals surface area contributed by atoms with Crippen LogP contribution in [0.25, 0.3) is 0 Å². The Bertz CT molecular complexity index is 1260. The van der Waals surface area contributed by atoms with Crippen LogP contribution in [0.1, 0.15) is 56.6 Å². The maximum Gasteiger partial charge on any atom is 0.271 e. The van der Waals surface area contributed by atoms with Gasteiger partial charge in [0.15, 0.2) is 0 Å². The minimum Gasteiger partial charge on any atom is -0.352 e. The van der Waals surface area contributed by atoms with Gasteiger partial charge in [-0.1, -0.05) is 62.6 Å². The lowest BCUT2D eigenvalue weighted by Gasteiger charge is -2.34. The maximum absolute atomic E-state index is 13.8. The van der Waals surface area contributed by atoms with Gasteiger partial charge in [-0.25, -0.2) is 8.42 Å². The number of nitrogens with zero attached hydrogens (tertiary/aromatic N) is 3. The number of nitrogens with one attached hydrogen (secondary N) is 1. The quantitative estimate of drug-likeness (QED) is 0.310. The zero-order valence-electron chi connectivity index (χ0n) is 22.8. The van der Waals surface area contributed by atoms with Crippen molar-refractivity contribution in [2.24, 2.45) is 0 Å². The molecule has 39 heavy (non-hydrogen) atoms. The number of rotatable bonds is 12. The number of non-ortho nitro benzene ring substituents is 1. The highest BCUT2D eigenvalue weighted by Crippen LogP contribution is 2.28. The fourth-order valence-corrected chi connectivity index (χ4v) is 5.91. The Kier molecular flexibility index (Phi) is 10.4. The van der Waals surface area contributed by atoms with Crippen molar-refractivity contribution in [3.8, 4) is 0 Å². The summed E-state index contributed by atoms with van der Waals surface area (Å²) in [6, 6.07) is 12.7. The zero-order chi connectivity index (χ0) is 28.6. The predicted octanol–water partition coefficient (Wildman–Crippen LogP) is 3.97. The van der Waals surface area contributed by atoms with Crippen LogP contribution < -0.4 is 9.62 Å². The minimum absolute atomic E-state index is 0.0581. The lowest BCUT2D eigenvalue weighted by molar-refractivity contribution is -0.384. The Hall–Kier alpha value is -3.47. The molecule has 1 atom stereocenters. The smallest absolute Gasteiger partial charge is 0.271 e. The summed E-state index contributed by atoms with van der Waals surface area (Å²) >= 11 is 0. The van der Waals surface area contributed by atoms with Crippen molar-refractivity contribution in [2.75, 3.05) is 23.7 Å². The van der Waals surface area contributed by atoms with E-state index in [1.807, 2.05) is 37.3 Å². The van der Waals surface area contributed by atoms with Crippen molar-refractivity contribution in [2.45, 2.75) is 70.9 Å². The zero-order valence-corrected chi connectivity index (χ0v) is 23.7. The van der Waals surface area contributed by atoms with E-state index in [1.165, 1.54) is 17.0 Å². The third-order valence-corrected chi connectivity index (χ3v) is 8.30. The fraction of sp³-hybridized carbons (Fsp3) is 0.500. The number of sulfonamides is 1. The number of carbonyl (C=O) groups excluding carboxylic acids is 2. The van der Waals surface area contributed by atoms with Gasteiger partial charge in [0.2, 0.25) is 21.8 Å². The van der Waals surface area contributed by atoms with Gasteiger partial charge < -0.3 is 10.2 Å². The highest BCUT2D eigenvalue weighted by molar-refractivity contribution is 7.92. The molecule has 11 heteroatoms. The van der Waals surface area contributed by atoms with Crippen molar-refractivity contribution in [1.29, 1.82) is 0 Å². The number of hydrogen-bond donors (Lipinski definition) is 1. The van der Waals surface area contributed by atoms with Crippen molar-refractivity contribution in [3.05, 3.63) is 69.8 Å². The van der Waals surface area contributed by atoms with Gasteiger partial charge in [-0.15, -0.1) is 0 Å². The topological polar surface area (TPSA) is 130 Å². The van der Waals surface area contributed by atoms with Crippen LogP contribution in [0.5, 0.6) is 0 Å². The number of amides is 2. The van der Waals surface area contributed by atoms with Crippen LogP contribution in [0.2, 0.25) is 0 Å². The third kappa shape index (κ3) is 8.26. The van der Waals surface area contributed by atoms with Gasteiger partial charge in [0.25, 0.3) is 5.69 Å². The van der Waals surface area contributed by atoms with Crippen molar-refractivity contribution in [3.63, 3.8) is 0 Å². The first-order valence-corrected chi connectivity index (χ1v) is 15.2. The Balaban J connectivity index is 1.92. The first-order valence-electron chi connectivity index (χ1n) is 13.4. The first-order chi connectivity index (χ1) is 18.5. The van der Waals surface area contributed by atoms with E-state index >= 15 is 0 Å². The molecule has 0 unspecified atom stereocenters. The number of benzene rings is 2. The molecule has 1 N–H and O–H groups in total. The highest BCUT2D eigenvalue weighted by Gasteiger charge is 2.33. The molecule has 2 aromatic rings. The average molecular weight is 559 g/mol. The maximum atomic E-state index is 13.8. The number of nitro benzene ring substituents is 1. The van der Waals surface area contributed by atoms with Crippen LogP contribution >= 0.6 is 0 Å². The van der Waals surface area contributed by atoms with Gasteiger partial charge in [0, 0.05) is 24.7 Å². The van der Waals surface area contributed by atoms with E-state index < -0.39 is 33.4 Å². The van der Waals surface area contributed by atoms with Gasteiger partial charge in [-0.2, -0.15) is 0 Å². The Morgan fingerprint density at radius 3 is 2.36 bits per heavy atom. The minimum atomic E-state index is -3.99. The summed E-state index contributed by atoms with van der Waals surface area (Å²) in [6.07, 6.45) is 6.82. The molecule has 0 heterocycles. The largest absolute Gasteiger partial charge is 0.352 e. The summed E-state index contributed by atoms with van der Waals surface area (Å²) in [7, 11) is -3.99. The van der Waals surface area contributed by atoms with Crippen LogP contribution in [0.3, 0.4) is 0 Å². The van der Waals surface area contributed by atoms with E-state index in [-0.39, 0.29) is 29.9 Å². The lowest BCUT2D eigenvalue weighted by Crippen LogP contribution is -2.54. The first kappa shape index (κ1) is 30.1. The number of aryl methyl sites for hydroxylation is 1. The van der Waals surface area contributed by atoms with E-state index in [9.17, 15) is 28.1 Å². The molecule has 3 rings (SSSR count). The molecule has 1 saturated carbocycles. The van der Waals surface area contributed by atoms with Crippen molar-refractivity contribution >= 4 is 33.2 Å². The molecule has 0 spiro atoms. The number of nitro groups is 1. The molecule has 0 radical (unpaired) electrons. The molecule has 2 amide bonds. The van der Waals surface area contributed by atoms with E-state index in [0.717, 1.165) is 54.3 Å². The van der Waals surface area contributed by atoms with Crippen LogP contribution in [0.4, 0.5) is 11.4 Å². The fourth-order valence-electron chi connectivity index (χ4n) is 5.01. The van der Waals surface area contributed by atoms with Crippen LogP contribution in [-0.4, -0.2) is 61.5 Å². The highest BCUT2D eigenvalue weighted by atomic mass is 32.2. The summed E-state index contributed by atoms with van der Waals surface area (Å²) in [5, 5.41) is 14.5. The molecule has 1 fully saturated rings. The molecule has 0 aliphatic heterocycles. The van der Waals surface area contributed by atoms with Gasteiger partial charge >= 0.3 is 0 Å². The standard InChI is InChI=1S/C28H38N4O6S/c1-4-25(28(34)29-23-13-9-6-10-14-23)30(18-17-22-11-7-5-8-12-22)27(33)20-31(39(3,37)38)26-19-24(32(35)36)16-15-21(26)2/h5,7-8,11-12,15-16,19,23,25H,4,6,9-10,13-14,17-18,20H2,1-3H3,(H,29,34)/t25-/m0/s1. The van der Waals surface area contributed by atoms with Crippen LogP contribution in [0, 0.1) is 17.0 Å². The molecule has 0 aromatic heterocycles. The normalized spacial score (nSPS) is 14.8. The molecule has 0 saturated heterocycles. The second kappa shape index (κ2) is 13.5. The molecular weight excluding hydrogens is 520 g/mol. The van der Waals surface area contributed by atoms with Gasteiger partial charge in [-0.3, -0.25) is 24.0 Å². The van der Waals surface area contributed by atoms with Gasteiger partial charge in [0.1, 0.15) is 12.6 Å². The number of carbonyl (C=O) groups is 2. The van der Waals surface area contributed by atoms with Crippen LogP contribution in [-0.2, 0) is 26.0 Å². The number of hydrogen-bond acceptors (Lipinski definition) is 6. The summed E-state index contributed by atoms with van der Waals surface area (Å²) in [4.78, 5) is 39.5. The van der Waals surface area contributed by atoms with E-state index in [0.29, 0.717) is 18.4 Å². The summed E-state index contributed by atoms with van der Waals surface area (Å²) in [6.45, 7) is 3.09. The Labute approximate surface area is 230 Å². The molecule has 2 aromatic carbocycles. The second-order valence-corrected chi connectivity index (χ2v) is 12.0. The van der Waals surface area contributed by atoms with Gasteiger partial charge in [0.05, 0.1) is 16.9 Å². The van der Waals surface area contributed by atoms with E-state index in [2.05, 4.69) is 5.32 Å². The summed E-state index contributed by atoms with van der Waals surface area (Å²) in [5.74, 6) is -0.795. The average Bonchev–Trinajstić information content (AvgIpc) is 2.90. The monoisotopic (exact) mass is 558 g/mol. The SMILES string of the molecule is CC[C@@H](C(=O)NC1CCCCC1)N(CCc1ccccc1)C(=O)CN(c1cc([N+](=O)[O-])ccc1C)S(C)(=O)=O. The van der Waals surface area contributed by atoms with Crippen molar-refractivity contribution in [1.82, 2.24) is 10.2 Å². The molecule has 212 valence electrons. The van der Waals surface area contributed by atoms with Crippen molar-refractivity contribution < 1.29 is 22.9 Å². The second-order valence-electron chi connectivity index (χ2n) is 10.1. The van der Waals surface area contributed by atoms with E-state index in [1.54, 1.807) is 6.92 Å². The molecule has 1 aliphatic carbocycles. The van der Waals surface area contributed by atoms with E-state index in [4.69, 9.17) is 0 Å². The van der Waals surface area contributed by atoms with Crippen LogP contribution in [0.15, 0.2) is 48.5 Å². The predicted molar refractivity (Wildman–Crippen MR) is 151 cm³/mol.